The summed E-state index contributed by atoms with van der Waals surface area (Å²) in [7, 11) is 2.69. The molecule has 1 rings (SSSR count). The van der Waals surface area contributed by atoms with E-state index < -0.39 is 0 Å². The first kappa shape index (κ1) is 13.7. The molecular weight excluding hydrogens is 248 g/mol. The van der Waals surface area contributed by atoms with E-state index in [1.165, 1.54) is 14.2 Å². The number of esters is 2. The van der Waals surface area contributed by atoms with Gasteiger partial charge in [-0.05, 0) is 0 Å². The Kier molecular flexibility index (Phi) is 6.05. The molecule has 6 heteroatoms. The van der Waals surface area contributed by atoms with Crippen LogP contribution in [0.5, 0.6) is 0 Å². The van der Waals surface area contributed by atoms with Crippen molar-refractivity contribution in [2.24, 2.45) is 5.92 Å². The maximum absolute atomic E-state index is 11.6. The molecule has 0 aromatic carbocycles. The molecule has 0 aliphatic carbocycles. The summed E-state index contributed by atoms with van der Waals surface area (Å²) < 4.78 is 9.35. The van der Waals surface area contributed by atoms with Crippen LogP contribution in [0, 0.1) is 5.92 Å². The first-order valence-corrected chi connectivity index (χ1v) is 7.23. The first-order chi connectivity index (χ1) is 7.69. The van der Waals surface area contributed by atoms with Crippen LogP contribution in [-0.2, 0) is 19.1 Å². The van der Waals surface area contributed by atoms with Gasteiger partial charge >= 0.3 is 11.9 Å². The Labute approximate surface area is 104 Å². The number of carbonyl (C=O) groups is 2. The lowest BCUT2D eigenvalue weighted by molar-refractivity contribution is -0.151. The fourth-order valence-corrected chi connectivity index (χ4v) is 4.42. The van der Waals surface area contributed by atoms with Gasteiger partial charge in [0, 0.05) is 22.5 Å². The molecule has 1 heterocycles. The third-order valence-corrected chi connectivity index (χ3v) is 5.33. The second-order valence-corrected chi connectivity index (χ2v) is 5.89. The summed E-state index contributed by atoms with van der Waals surface area (Å²) in [6, 6.07) is 0. The second-order valence-electron chi connectivity index (χ2n) is 3.39. The van der Waals surface area contributed by atoms with E-state index in [1.54, 1.807) is 11.8 Å². The molecule has 0 saturated carbocycles. The van der Waals surface area contributed by atoms with Gasteiger partial charge in [0.15, 0.2) is 0 Å². The number of thioether (sulfide) groups is 2. The van der Waals surface area contributed by atoms with Crippen LogP contribution in [-0.4, -0.2) is 48.7 Å². The van der Waals surface area contributed by atoms with Crippen LogP contribution in [0.15, 0.2) is 0 Å². The molecule has 2 unspecified atom stereocenters. The number of hydrogen-bond acceptors (Lipinski definition) is 6. The molecule has 0 bridgehead atoms. The highest BCUT2D eigenvalue weighted by Crippen LogP contribution is 2.32. The number of carbonyl (C=O) groups excluding carboxylic acids is 2. The van der Waals surface area contributed by atoms with Crippen molar-refractivity contribution in [3.63, 3.8) is 0 Å². The van der Waals surface area contributed by atoms with E-state index in [9.17, 15) is 9.59 Å². The second kappa shape index (κ2) is 7.06. The van der Waals surface area contributed by atoms with E-state index in [-0.39, 0.29) is 29.5 Å². The zero-order chi connectivity index (χ0) is 12.0. The van der Waals surface area contributed by atoms with Crippen molar-refractivity contribution >= 4 is 35.5 Å². The van der Waals surface area contributed by atoms with Crippen molar-refractivity contribution in [3.8, 4) is 0 Å². The van der Waals surface area contributed by atoms with E-state index in [0.29, 0.717) is 0 Å². The number of ether oxygens (including phenoxy) is 2. The Morgan fingerprint density at radius 3 is 2.56 bits per heavy atom. The third kappa shape index (κ3) is 3.90. The zero-order valence-corrected chi connectivity index (χ0v) is 11.1. The summed E-state index contributed by atoms with van der Waals surface area (Å²) in [5, 5.41) is 0.158. The van der Waals surface area contributed by atoms with Gasteiger partial charge in [-0.15, -0.1) is 0 Å². The van der Waals surface area contributed by atoms with Crippen molar-refractivity contribution in [1.29, 1.82) is 0 Å². The summed E-state index contributed by atoms with van der Waals surface area (Å²) in [5.41, 5.74) is 0. The minimum absolute atomic E-state index is 0.113. The topological polar surface area (TPSA) is 52.6 Å². The van der Waals surface area contributed by atoms with Gasteiger partial charge in [0.1, 0.15) is 0 Å². The van der Waals surface area contributed by atoms with Gasteiger partial charge in [-0.3, -0.25) is 9.59 Å². The molecule has 0 amide bonds. The highest BCUT2D eigenvalue weighted by molar-refractivity contribution is 8.06. The average Bonchev–Trinajstić information content (AvgIpc) is 2.35. The van der Waals surface area contributed by atoms with Crippen LogP contribution >= 0.6 is 23.5 Å². The van der Waals surface area contributed by atoms with Gasteiger partial charge in [0.25, 0.3) is 0 Å². The molecule has 1 saturated heterocycles. The predicted octanol–water partition coefficient (Wildman–Crippen LogP) is 1.19. The predicted molar refractivity (Wildman–Crippen MR) is 65.7 cm³/mol. The lowest BCUT2D eigenvalue weighted by Gasteiger charge is -2.26. The summed E-state index contributed by atoms with van der Waals surface area (Å²) in [6.07, 6.45) is 0.113. The molecule has 0 N–H and O–H groups in total. The molecule has 1 fully saturated rings. The molecule has 1 aliphatic rings. The Morgan fingerprint density at radius 2 is 2.06 bits per heavy atom. The Balaban J connectivity index is 2.61. The van der Waals surface area contributed by atoms with E-state index in [4.69, 9.17) is 4.74 Å². The monoisotopic (exact) mass is 264 g/mol. The smallest absolute Gasteiger partial charge is 0.310 e. The molecule has 2 atom stereocenters. The van der Waals surface area contributed by atoms with E-state index in [1.807, 2.05) is 11.8 Å². The summed E-state index contributed by atoms with van der Waals surface area (Å²) in [6.45, 7) is 0. The van der Waals surface area contributed by atoms with Crippen LogP contribution in [0.4, 0.5) is 0 Å². The van der Waals surface area contributed by atoms with Gasteiger partial charge < -0.3 is 9.47 Å². The first-order valence-electron chi connectivity index (χ1n) is 5.03. The lowest BCUT2D eigenvalue weighted by Crippen LogP contribution is -2.33. The Bertz CT molecular complexity index is 251. The highest BCUT2D eigenvalue weighted by atomic mass is 32.2. The minimum atomic E-state index is -0.379. The van der Waals surface area contributed by atoms with E-state index in [2.05, 4.69) is 4.74 Å². The van der Waals surface area contributed by atoms with Crippen molar-refractivity contribution < 1.29 is 19.1 Å². The van der Waals surface area contributed by atoms with Gasteiger partial charge in [-0.2, -0.15) is 23.5 Å². The van der Waals surface area contributed by atoms with Crippen molar-refractivity contribution in [2.75, 3.05) is 31.5 Å². The third-order valence-electron chi connectivity index (χ3n) is 2.41. The fraction of sp³-hybridized carbons (Fsp3) is 0.800. The molecule has 0 radical (unpaired) electrons. The van der Waals surface area contributed by atoms with Crippen molar-refractivity contribution in [3.05, 3.63) is 0 Å². The lowest BCUT2D eigenvalue weighted by atomic mass is 10.0. The maximum atomic E-state index is 11.6. The van der Waals surface area contributed by atoms with Crippen molar-refractivity contribution in [1.82, 2.24) is 0 Å². The summed E-state index contributed by atoms with van der Waals surface area (Å²) in [4.78, 5) is 22.8. The van der Waals surface area contributed by atoms with E-state index >= 15 is 0 Å². The highest BCUT2D eigenvalue weighted by Gasteiger charge is 2.33. The van der Waals surface area contributed by atoms with Crippen LogP contribution in [0.25, 0.3) is 0 Å². The largest absolute Gasteiger partial charge is 0.469 e. The van der Waals surface area contributed by atoms with Gasteiger partial charge in [0.05, 0.1) is 26.6 Å². The molecule has 16 heavy (non-hydrogen) atoms. The van der Waals surface area contributed by atoms with Crippen molar-refractivity contribution in [2.45, 2.75) is 11.7 Å². The van der Waals surface area contributed by atoms with Crippen LogP contribution in [0.1, 0.15) is 6.42 Å². The Hall–Kier alpha value is -0.360. The van der Waals surface area contributed by atoms with E-state index in [0.717, 1.165) is 17.3 Å². The van der Waals surface area contributed by atoms with Gasteiger partial charge in [-0.25, -0.2) is 0 Å². The van der Waals surface area contributed by atoms with Crippen LogP contribution in [0.3, 0.4) is 0 Å². The molecule has 92 valence electrons. The maximum Gasteiger partial charge on any atom is 0.310 e. The van der Waals surface area contributed by atoms with Gasteiger partial charge in [-0.1, -0.05) is 0 Å². The molecule has 0 aromatic heterocycles. The number of rotatable bonds is 4. The number of methoxy groups -OCH3 is 2. The van der Waals surface area contributed by atoms with Crippen LogP contribution in [0.2, 0.25) is 0 Å². The molecule has 0 spiro atoms. The molecule has 0 aromatic rings. The van der Waals surface area contributed by atoms with Crippen LogP contribution < -0.4 is 0 Å². The summed E-state index contributed by atoms with van der Waals surface area (Å²) in [5.74, 6) is 1.96. The Morgan fingerprint density at radius 1 is 1.31 bits per heavy atom. The summed E-state index contributed by atoms with van der Waals surface area (Å²) >= 11 is 3.55. The quantitative estimate of drug-likeness (QED) is 0.711. The zero-order valence-electron chi connectivity index (χ0n) is 9.43. The SMILES string of the molecule is COC(=O)CC(C(=O)OC)C1CSCCS1. The normalized spacial score (nSPS) is 22.2. The van der Waals surface area contributed by atoms with Gasteiger partial charge in [0.2, 0.25) is 0 Å². The number of hydrogen-bond donors (Lipinski definition) is 0. The molecule has 4 nitrogen and oxygen atoms in total. The fourth-order valence-electron chi connectivity index (χ4n) is 1.52. The molecule has 1 aliphatic heterocycles. The molecular formula is C10H16O4S2. The average molecular weight is 264 g/mol. The standard InChI is InChI=1S/C10H16O4S2/c1-13-9(11)5-7(10(12)14-2)8-6-15-3-4-16-8/h7-8H,3-6H2,1-2H3. The minimum Gasteiger partial charge on any atom is -0.469 e.